The van der Waals surface area contributed by atoms with Gasteiger partial charge in [-0.3, -0.25) is 9.69 Å². The van der Waals surface area contributed by atoms with Crippen LogP contribution in [-0.4, -0.2) is 65.6 Å². The molecule has 134 valence electrons. The lowest BCUT2D eigenvalue weighted by molar-refractivity contribution is -0.127. The van der Waals surface area contributed by atoms with E-state index in [0.29, 0.717) is 11.8 Å². The number of nitrogens with one attached hydrogen (secondary N) is 1. The summed E-state index contributed by atoms with van der Waals surface area (Å²) in [6.07, 6.45) is 2.68. The maximum Gasteiger partial charge on any atom is 0.237 e. The van der Waals surface area contributed by atoms with Crippen molar-refractivity contribution in [3.05, 3.63) is 12.3 Å². The topological polar surface area (TPSA) is 70.6 Å². The normalized spacial score (nSPS) is 18.0. The minimum absolute atomic E-state index is 0.0774. The van der Waals surface area contributed by atoms with E-state index in [9.17, 15) is 4.79 Å². The highest BCUT2D eigenvalue weighted by Crippen LogP contribution is 2.16. The van der Waals surface area contributed by atoms with E-state index in [0.717, 1.165) is 32.6 Å². The van der Waals surface area contributed by atoms with E-state index < -0.39 is 0 Å². The second-order valence-electron chi connectivity index (χ2n) is 7.19. The van der Waals surface area contributed by atoms with Crippen molar-refractivity contribution in [2.45, 2.75) is 45.7 Å². The van der Waals surface area contributed by atoms with E-state index in [-0.39, 0.29) is 17.5 Å². The molecule has 0 radical (unpaired) electrons. The van der Waals surface area contributed by atoms with Crippen LogP contribution in [-0.2, 0) is 4.79 Å². The summed E-state index contributed by atoms with van der Waals surface area (Å²) in [4.78, 5) is 25.5. The minimum Gasteiger partial charge on any atom is -0.481 e. The van der Waals surface area contributed by atoms with Crippen LogP contribution in [0, 0.1) is 0 Å². The smallest absolute Gasteiger partial charge is 0.237 e. The van der Waals surface area contributed by atoms with E-state index in [1.165, 1.54) is 0 Å². The van der Waals surface area contributed by atoms with Crippen LogP contribution in [0.25, 0.3) is 0 Å². The number of carbonyl (C=O) groups excluding carboxylic acids is 1. The second-order valence-corrected chi connectivity index (χ2v) is 7.19. The Hall–Kier alpha value is -1.89. The molecule has 1 aromatic heterocycles. The van der Waals surface area contributed by atoms with Crippen LogP contribution in [0.1, 0.15) is 34.1 Å². The molecule has 1 saturated heterocycles. The molecule has 2 heterocycles. The average Bonchev–Trinajstić information content (AvgIpc) is 2.78. The van der Waals surface area contributed by atoms with E-state index in [1.54, 1.807) is 19.4 Å². The van der Waals surface area contributed by atoms with Crippen LogP contribution in [0.5, 0.6) is 5.88 Å². The van der Waals surface area contributed by atoms with Crippen LogP contribution in [0.2, 0.25) is 0 Å². The highest BCUT2D eigenvalue weighted by molar-refractivity contribution is 5.81. The minimum atomic E-state index is -0.211. The first-order valence-corrected chi connectivity index (χ1v) is 8.48. The van der Waals surface area contributed by atoms with Crippen LogP contribution in [0.3, 0.4) is 0 Å². The molecule has 1 N–H and O–H groups in total. The van der Waals surface area contributed by atoms with Gasteiger partial charge in [-0.05, 0) is 34.1 Å². The molecular weight excluding hydrogens is 306 g/mol. The Morgan fingerprint density at radius 3 is 2.71 bits per heavy atom. The van der Waals surface area contributed by atoms with E-state index >= 15 is 0 Å². The summed E-state index contributed by atoms with van der Waals surface area (Å²) < 4.78 is 5.17. The van der Waals surface area contributed by atoms with E-state index in [2.05, 4.69) is 25.1 Å². The van der Waals surface area contributed by atoms with Crippen LogP contribution in [0.4, 0.5) is 5.95 Å². The highest BCUT2D eigenvalue weighted by Gasteiger charge is 2.27. The van der Waals surface area contributed by atoms with Crippen molar-refractivity contribution in [1.82, 2.24) is 20.2 Å². The Bertz CT molecular complexity index is 558. The molecule has 7 nitrogen and oxygen atoms in total. The van der Waals surface area contributed by atoms with Crippen molar-refractivity contribution in [3.8, 4) is 5.88 Å². The zero-order valence-electron chi connectivity index (χ0n) is 15.4. The lowest BCUT2D eigenvalue weighted by atomic mass is 10.1. The van der Waals surface area contributed by atoms with Gasteiger partial charge in [-0.1, -0.05) is 0 Å². The summed E-state index contributed by atoms with van der Waals surface area (Å²) in [6.45, 7) is 11.3. The summed E-state index contributed by atoms with van der Waals surface area (Å²) in [6, 6.07) is 1.60. The number of hydrogen-bond acceptors (Lipinski definition) is 6. The molecule has 2 rings (SSSR count). The molecule has 1 aromatic rings. The number of amides is 1. The van der Waals surface area contributed by atoms with Gasteiger partial charge in [0.15, 0.2) is 0 Å². The summed E-state index contributed by atoms with van der Waals surface area (Å²) in [5.74, 6) is 1.33. The molecule has 1 aliphatic heterocycles. The standard InChI is InChI=1S/C17H29N5O2/c1-13(15(23)20-17(2,3)4)21-9-6-10-22(12-11-21)16-18-8-7-14(19-16)24-5/h7-8,13H,6,9-12H2,1-5H3,(H,20,23)/t13-/m1/s1. The fourth-order valence-corrected chi connectivity index (χ4v) is 2.76. The molecule has 0 aliphatic carbocycles. The molecule has 0 spiro atoms. The monoisotopic (exact) mass is 335 g/mol. The second kappa shape index (κ2) is 7.79. The molecule has 0 bridgehead atoms. The molecule has 0 unspecified atom stereocenters. The summed E-state index contributed by atoms with van der Waals surface area (Å²) in [5, 5.41) is 3.06. The maximum absolute atomic E-state index is 12.4. The van der Waals surface area contributed by atoms with Crippen molar-refractivity contribution < 1.29 is 9.53 Å². The third-order valence-corrected chi connectivity index (χ3v) is 4.07. The third kappa shape index (κ3) is 5.06. The van der Waals surface area contributed by atoms with Crippen molar-refractivity contribution in [3.63, 3.8) is 0 Å². The van der Waals surface area contributed by atoms with Gasteiger partial charge in [0.25, 0.3) is 0 Å². The third-order valence-electron chi connectivity index (χ3n) is 4.07. The molecule has 0 aromatic carbocycles. The Labute approximate surface area is 144 Å². The van der Waals surface area contributed by atoms with Gasteiger partial charge in [-0.15, -0.1) is 0 Å². The van der Waals surface area contributed by atoms with Crippen molar-refractivity contribution in [1.29, 1.82) is 0 Å². The molecule has 7 heteroatoms. The van der Waals surface area contributed by atoms with Crippen LogP contribution in [0.15, 0.2) is 12.3 Å². The fourth-order valence-electron chi connectivity index (χ4n) is 2.76. The molecule has 1 fully saturated rings. The van der Waals surface area contributed by atoms with Gasteiger partial charge in [0, 0.05) is 44.0 Å². The number of carbonyl (C=O) groups is 1. The Balaban J connectivity index is 1.98. The number of ether oxygens (including phenoxy) is 1. The molecule has 1 atom stereocenters. The first kappa shape index (κ1) is 18.4. The van der Waals surface area contributed by atoms with Gasteiger partial charge in [-0.25, -0.2) is 4.98 Å². The lowest BCUT2D eigenvalue weighted by Crippen LogP contribution is -2.51. The van der Waals surface area contributed by atoms with E-state index in [4.69, 9.17) is 4.74 Å². The molecule has 24 heavy (non-hydrogen) atoms. The summed E-state index contributed by atoms with van der Waals surface area (Å²) in [5.41, 5.74) is -0.211. The van der Waals surface area contributed by atoms with Gasteiger partial charge in [-0.2, -0.15) is 4.98 Å². The van der Waals surface area contributed by atoms with Gasteiger partial charge in [0.2, 0.25) is 17.7 Å². The summed E-state index contributed by atoms with van der Waals surface area (Å²) in [7, 11) is 1.60. The highest BCUT2D eigenvalue weighted by atomic mass is 16.5. The number of rotatable bonds is 4. The Morgan fingerprint density at radius 1 is 1.29 bits per heavy atom. The number of methoxy groups -OCH3 is 1. The van der Waals surface area contributed by atoms with Crippen molar-refractivity contribution in [2.75, 3.05) is 38.2 Å². The summed E-state index contributed by atoms with van der Waals surface area (Å²) >= 11 is 0. The first-order valence-electron chi connectivity index (χ1n) is 8.48. The van der Waals surface area contributed by atoms with Gasteiger partial charge in [0.1, 0.15) is 0 Å². The molecule has 1 amide bonds. The molecule has 0 saturated carbocycles. The number of anilines is 1. The maximum atomic E-state index is 12.4. The fraction of sp³-hybridized carbons (Fsp3) is 0.706. The van der Waals surface area contributed by atoms with Gasteiger partial charge >= 0.3 is 0 Å². The van der Waals surface area contributed by atoms with E-state index in [1.807, 2.05) is 27.7 Å². The van der Waals surface area contributed by atoms with Crippen molar-refractivity contribution >= 4 is 11.9 Å². The zero-order valence-corrected chi connectivity index (χ0v) is 15.4. The Morgan fingerprint density at radius 2 is 2.04 bits per heavy atom. The largest absolute Gasteiger partial charge is 0.481 e. The van der Waals surface area contributed by atoms with Crippen molar-refractivity contribution in [2.24, 2.45) is 0 Å². The number of aromatic nitrogens is 2. The zero-order chi connectivity index (χ0) is 17.7. The Kier molecular flexibility index (Phi) is 5.99. The predicted octanol–water partition coefficient (Wildman–Crippen LogP) is 1.30. The van der Waals surface area contributed by atoms with Crippen LogP contribution >= 0.6 is 0 Å². The number of nitrogens with zero attached hydrogens (tertiary/aromatic N) is 4. The number of hydrogen-bond donors (Lipinski definition) is 1. The SMILES string of the molecule is COc1ccnc(N2CCCN([C@H](C)C(=O)NC(C)(C)C)CC2)n1. The van der Waals surface area contributed by atoms with Gasteiger partial charge < -0.3 is 15.0 Å². The quantitative estimate of drug-likeness (QED) is 0.894. The van der Waals surface area contributed by atoms with Crippen LogP contribution < -0.4 is 15.0 Å². The predicted molar refractivity (Wildman–Crippen MR) is 94.3 cm³/mol. The van der Waals surface area contributed by atoms with Gasteiger partial charge in [0.05, 0.1) is 13.2 Å². The average molecular weight is 335 g/mol. The first-order chi connectivity index (χ1) is 11.3. The molecular formula is C17H29N5O2. The lowest BCUT2D eigenvalue weighted by Gasteiger charge is -2.30. The molecule has 1 aliphatic rings.